The average molecular weight is 227 g/mol. The van der Waals surface area contributed by atoms with Gasteiger partial charge < -0.3 is 10.4 Å². The summed E-state index contributed by atoms with van der Waals surface area (Å²) in [5, 5.41) is 11.1. The molecule has 3 heteroatoms. The lowest BCUT2D eigenvalue weighted by atomic mass is 9.99. The van der Waals surface area contributed by atoms with E-state index in [1.165, 1.54) is 0 Å². The predicted molar refractivity (Wildman–Crippen MR) is 66.4 cm³/mol. The molecule has 0 radical (unpaired) electrons. The van der Waals surface area contributed by atoms with Crippen LogP contribution in [0.15, 0.2) is 54.6 Å². The van der Waals surface area contributed by atoms with Crippen molar-refractivity contribution in [1.29, 1.82) is 0 Å². The Morgan fingerprint density at radius 1 is 1.00 bits per heavy atom. The molecule has 0 aliphatic rings. The Labute approximate surface area is 99.7 Å². The fraction of sp³-hybridized carbons (Fsp3) is 0.0714. The molecular formula is C14H13NO2. The summed E-state index contributed by atoms with van der Waals surface area (Å²) in [7, 11) is 0. The molecule has 0 heterocycles. The molecule has 0 aliphatic heterocycles. The second-order valence-electron chi connectivity index (χ2n) is 3.58. The SMILES string of the molecule is O=C(NCO)c1ccccc1-c1ccccc1. The van der Waals surface area contributed by atoms with Gasteiger partial charge in [0, 0.05) is 5.56 Å². The number of hydrogen-bond acceptors (Lipinski definition) is 2. The van der Waals surface area contributed by atoms with Crippen molar-refractivity contribution in [3.05, 3.63) is 60.2 Å². The maximum atomic E-state index is 11.8. The predicted octanol–water partition coefficient (Wildman–Crippen LogP) is 2.03. The van der Waals surface area contributed by atoms with Crippen LogP contribution in [0.4, 0.5) is 0 Å². The average Bonchev–Trinajstić information content (AvgIpc) is 2.40. The Morgan fingerprint density at radius 3 is 2.35 bits per heavy atom. The zero-order valence-corrected chi connectivity index (χ0v) is 9.26. The van der Waals surface area contributed by atoms with Crippen molar-refractivity contribution in [1.82, 2.24) is 5.32 Å². The molecule has 0 saturated carbocycles. The number of amides is 1. The second kappa shape index (κ2) is 5.27. The molecule has 0 aromatic heterocycles. The fourth-order valence-corrected chi connectivity index (χ4v) is 1.72. The van der Waals surface area contributed by atoms with E-state index in [9.17, 15) is 4.79 Å². The zero-order chi connectivity index (χ0) is 12.1. The van der Waals surface area contributed by atoms with Gasteiger partial charge in [0.2, 0.25) is 0 Å². The van der Waals surface area contributed by atoms with Crippen molar-refractivity contribution >= 4 is 5.91 Å². The second-order valence-corrected chi connectivity index (χ2v) is 3.58. The van der Waals surface area contributed by atoms with Gasteiger partial charge in [-0.2, -0.15) is 0 Å². The van der Waals surface area contributed by atoms with Crippen LogP contribution >= 0.6 is 0 Å². The molecule has 2 N–H and O–H groups in total. The lowest BCUT2D eigenvalue weighted by Crippen LogP contribution is -2.24. The van der Waals surface area contributed by atoms with Crippen LogP contribution < -0.4 is 5.32 Å². The van der Waals surface area contributed by atoms with Crippen LogP contribution in [0.2, 0.25) is 0 Å². The number of carbonyl (C=O) groups is 1. The van der Waals surface area contributed by atoms with E-state index in [4.69, 9.17) is 5.11 Å². The molecule has 17 heavy (non-hydrogen) atoms. The molecule has 0 unspecified atom stereocenters. The zero-order valence-electron chi connectivity index (χ0n) is 9.26. The van der Waals surface area contributed by atoms with Gasteiger partial charge >= 0.3 is 0 Å². The molecule has 86 valence electrons. The van der Waals surface area contributed by atoms with Crippen LogP contribution in [0, 0.1) is 0 Å². The summed E-state index contributed by atoms with van der Waals surface area (Å²) in [4.78, 5) is 11.8. The minimum Gasteiger partial charge on any atom is -0.376 e. The molecule has 0 fully saturated rings. The summed E-state index contributed by atoms with van der Waals surface area (Å²) in [5.41, 5.74) is 2.41. The van der Waals surface area contributed by atoms with Crippen molar-refractivity contribution in [2.45, 2.75) is 0 Å². The molecule has 3 nitrogen and oxygen atoms in total. The van der Waals surface area contributed by atoms with Crippen LogP contribution in [0.25, 0.3) is 11.1 Å². The Kier molecular flexibility index (Phi) is 3.52. The number of rotatable bonds is 3. The fourth-order valence-electron chi connectivity index (χ4n) is 1.72. The Morgan fingerprint density at radius 2 is 1.65 bits per heavy atom. The summed E-state index contributed by atoms with van der Waals surface area (Å²) in [5.74, 6) is -0.271. The molecule has 0 saturated heterocycles. The van der Waals surface area contributed by atoms with Gasteiger partial charge in [0.1, 0.15) is 6.73 Å². The van der Waals surface area contributed by atoms with Gasteiger partial charge in [0.05, 0.1) is 0 Å². The highest BCUT2D eigenvalue weighted by molar-refractivity contribution is 6.00. The van der Waals surface area contributed by atoms with E-state index in [1.807, 2.05) is 42.5 Å². The van der Waals surface area contributed by atoms with E-state index in [2.05, 4.69) is 5.32 Å². The van der Waals surface area contributed by atoms with Gasteiger partial charge in [-0.3, -0.25) is 4.79 Å². The Bertz CT molecular complexity index is 509. The standard InChI is InChI=1S/C14H13NO2/c16-10-15-14(17)13-9-5-4-8-12(13)11-6-2-1-3-7-11/h1-9,16H,10H2,(H,15,17). The van der Waals surface area contributed by atoms with Crippen LogP contribution in [0.3, 0.4) is 0 Å². The Hall–Kier alpha value is -2.13. The summed E-state index contributed by atoms with van der Waals surface area (Å²) >= 11 is 0. The molecular weight excluding hydrogens is 214 g/mol. The quantitative estimate of drug-likeness (QED) is 0.788. The number of aliphatic hydroxyl groups is 1. The van der Waals surface area contributed by atoms with E-state index in [1.54, 1.807) is 12.1 Å². The van der Waals surface area contributed by atoms with Crippen molar-refractivity contribution in [3.8, 4) is 11.1 Å². The first kappa shape index (κ1) is 11.4. The first-order chi connectivity index (χ1) is 8.33. The van der Waals surface area contributed by atoms with Crippen LogP contribution in [0.5, 0.6) is 0 Å². The number of aliphatic hydroxyl groups excluding tert-OH is 1. The van der Waals surface area contributed by atoms with Gasteiger partial charge in [0.25, 0.3) is 5.91 Å². The molecule has 2 rings (SSSR count). The number of benzene rings is 2. The largest absolute Gasteiger partial charge is 0.376 e. The normalized spacial score (nSPS) is 9.94. The molecule has 2 aromatic carbocycles. The lowest BCUT2D eigenvalue weighted by Gasteiger charge is -2.08. The molecule has 0 spiro atoms. The molecule has 2 aromatic rings. The molecule has 0 bridgehead atoms. The van der Waals surface area contributed by atoms with Crippen molar-refractivity contribution in [2.75, 3.05) is 6.73 Å². The highest BCUT2D eigenvalue weighted by Crippen LogP contribution is 2.23. The highest BCUT2D eigenvalue weighted by Gasteiger charge is 2.10. The van der Waals surface area contributed by atoms with E-state index in [-0.39, 0.29) is 12.6 Å². The lowest BCUT2D eigenvalue weighted by molar-refractivity contribution is 0.0911. The third kappa shape index (κ3) is 2.52. The van der Waals surface area contributed by atoms with Crippen molar-refractivity contribution in [3.63, 3.8) is 0 Å². The van der Waals surface area contributed by atoms with E-state index < -0.39 is 0 Å². The number of nitrogens with one attached hydrogen (secondary N) is 1. The first-order valence-electron chi connectivity index (χ1n) is 5.36. The van der Waals surface area contributed by atoms with Crippen molar-refractivity contribution in [2.24, 2.45) is 0 Å². The van der Waals surface area contributed by atoms with Gasteiger partial charge in [-0.1, -0.05) is 48.5 Å². The molecule has 0 aliphatic carbocycles. The van der Waals surface area contributed by atoms with E-state index in [0.717, 1.165) is 11.1 Å². The van der Waals surface area contributed by atoms with Crippen molar-refractivity contribution < 1.29 is 9.90 Å². The minimum atomic E-state index is -0.359. The van der Waals surface area contributed by atoms with Gasteiger partial charge in [-0.25, -0.2) is 0 Å². The monoisotopic (exact) mass is 227 g/mol. The summed E-state index contributed by atoms with van der Waals surface area (Å²) in [6.07, 6.45) is 0. The topological polar surface area (TPSA) is 49.3 Å². The Balaban J connectivity index is 2.45. The van der Waals surface area contributed by atoms with Crippen LogP contribution in [0.1, 0.15) is 10.4 Å². The molecule has 1 amide bonds. The van der Waals surface area contributed by atoms with Crippen LogP contribution in [-0.2, 0) is 0 Å². The van der Waals surface area contributed by atoms with Gasteiger partial charge in [-0.15, -0.1) is 0 Å². The maximum Gasteiger partial charge on any atom is 0.253 e. The van der Waals surface area contributed by atoms with E-state index >= 15 is 0 Å². The summed E-state index contributed by atoms with van der Waals surface area (Å²) in [6, 6.07) is 17.0. The smallest absolute Gasteiger partial charge is 0.253 e. The third-order valence-electron chi connectivity index (χ3n) is 2.50. The van der Waals surface area contributed by atoms with Crippen LogP contribution in [-0.4, -0.2) is 17.7 Å². The third-order valence-corrected chi connectivity index (χ3v) is 2.50. The van der Waals surface area contributed by atoms with Gasteiger partial charge in [0.15, 0.2) is 0 Å². The number of hydrogen-bond donors (Lipinski definition) is 2. The van der Waals surface area contributed by atoms with E-state index in [0.29, 0.717) is 5.56 Å². The number of carbonyl (C=O) groups excluding carboxylic acids is 1. The summed E-state index contributed by atoms with van der Waals surface area (Å²) in [6.45, 7) is -0.359. The highest BCUT2D eigenvalue weighted by atomic mass is 16.3. The maximum absolute atomic E-state index is 11.8. The first-order valence-corrected chi connectivity index (χ1v) is 5.36. The molecule has 0 atom stereocenters. The minimum absolute atomic E-state index is 0.271. The summed E-state index contributed by atoms with van der Waals surface area (Å²) < 4.78 is 0. The van der Waals surface area contributed by atoms with Gasteiger partial charge in [-0.05, 0) is 17.2 Å².